The summed E-state index contributed by atoms with van der Waals surface area (Å²) in [5, 5.41) is 0. The van der Waals surface area contributed by atoms with Crippen molar-refractivity contribution in [2.45, 2.75) is 18.0 Å². The molecule has 1 fully saturated rings. The van der Waals surface area contributed by atoms with Gasteiger partial charge in [-0.2, -0.15) is 11.6 Å². The Labute approximate surface area is 221 Å². The molecule has 36 heavy (non-hydrogen) atoms. The van der Waals surface area contributed by atoms with Gasteiger partial charge in [0, 0.05) is 0 Å². The van der Waals surface area contributed by atoms with E-state index in [9.17, 15) is 4.79 Å². The predicted octanol–water partition coefficient (Wildman–Crippen LogP) is 1.92. The van der Waals surface area contributed by atoms with Crippen LogP contribution in [0.4, 0.5) is 0 Å². The van der Waals surface area contributed by atoms with E-state index in [1.807, 2.05) is 18.2 Å². The van der Waals surface area contributed by atoms with E-state index in [1.165, 1.54) is 11.1 Å². The van der Waals surface area contributed by atoms with Crippen molar-refractivity contribution in [3.63, 3.8) is 0 Å². The van der Waals surface area contributed by atoms with Gasteiger partial charge in [-0.3, -0.25) is 4.79 Å². The number of nitrogens with zero attached hydrogens (tertiary/aromatic N) is 1. The molecular weight excluding hydrogens is 445 g/mol. The summed E-state index contributed by atoms with van der Waals surface area (Å²) in [5.41, 5.74) is 6.00. The maximum Gasteiger partial charge on any atom is 1.00 e. The summed E-state index contributed by atoms with van der Waals surface area (Å²) in [6.07, 6.45) is 0.453. The second kappa shape index (κ2) is 8.87. The molecule has 2 aliphatic heterocycles. The van der Waals surface area contributed by atoms with Crippen LogP contribution >= 0.6 is 0 Å². The number of esters is 1. The van der Waals surface area contributed by atoms with Gasteiger partial charge in [0.15, 0.2) is 0 Å². The van der Waals surface area contributed by atoms with E-state index in [0.29, 0.717) is 17.9 Å². The molecule has 5 nitrogen and oxygen atoms in total. The predicted molar refractivity (Wildman–Crippen MR) is 130 cm³/mol. The van der Waals surface area contributed by atoms with Gasteiger partial charge in [0.1, 0.15) is 18.3 Å². The van der Waals surface area contributed by atoms with Gasteiger partial charge < -0.3 is 14.2 Å². The van der Waals surface area contributed by atoms with E-state index in [2.05, 4.69) is 83.8 Å². The smallest absolute Gasteiger partial charge is 0.516 e. The molecule has 2 heterocycles. The molecule has 6 heteroatoms. The first-order valence-corrected chi connectivity index (χ1v) is 11.8. The molecule has 1 unspecified atom stereocenters. The van der Waals surface area contributed by atoms with Crippen LogP contribution in [0.15, 0.2) is 91.0 Å². The van der Waals surface area contributed by atoms with E-state index in [4.69, 9.17) is 14.2 Å². The Balaban J connectivity index is 0.00000240. The van der Waals surface area contributed by atoms with Crippen LogP contribution in [0.3, 0.4) is 0 Å². The van der Waals surface area contributed by atoms with Crippen LogP contribution in [0.5, 0.6) is 11.5 Å². The molecule has 172 valence electrons. The van der Waals surface area contributed by atoms with Crippen LogP contribution in [0.2, 0.25) is 0 Å². The Morgan fingerprint density at radius 3 is 2.19 bits per heavy atom. The molecule has 0 amide bonds. The third kappa shape index (κ3) is 3.24. The van der Waals surface area contributed by atoms with Gasteiger partial charge in [-0.1, -0.05) is 78.9 Å². The molecule has 4 aromatic rings. The van der Waals surface area contributed by atoms with Crippen LogP contribution in [-0.2, 0) is 21.5 Å². The summed E-state index contributed by atoms with van der Waals surface area (Å²) < 4.78 is 16.7. The minimum absolute atomic E-state index is 0. The van der Waals surface area contributed by atoms with Crippen molar-refractivity contribution in [3.8, 4) is 22.6 Å². The van der Waals surface area contributed by atoms with Crippen molar-refractivity contribution in [1.29, 1.82) is 0 Å². The molecule has 0 saturated carbocycles. The number of carbonyl (C=O) groups is 1. The average molecular weight is 467 g/mol. The van der Waals surface area contributed by atoms with Crippen molar-refractivity contribution in [3.05, 3.63) is 119 Å². The fourth-order valence-corrected chi connectivity index (χ4v) is 5.85. The molecule has 0 bridgehead atoms. The second-order valence-corrected chi connectivity index (χ2v) is 9.03. The number of benzene rings is 4. The fourth-order valence-electron chi connectivity index (χ4n) is 5.85. The van der Waals surface area contributed by atoms with E-state index in [-0.39, 0.29) is 38.4 Å². The zero-order chi connectivity index (χ0) is 23.4. The van der Waals surface area contributed by atoms with Gasteiger partial charge in [0.2, 0.25) is 6.79 Å². The molecule has 0 N–H and O–H groups in total. The van der Waals surface area contributed by atoms with Crippen LogP contribution in [0, 0.1) is 6.07 Å². The third-order valence-corrected chi connectivity index (χ3v) is 7.31. The minimum Gasteiger partial charge on any atom is -0.516 e. The number of cyclic esters (lactones) is 1. The quantitative estimate of drug-likeness (QED) is 0.261. The van der Waals surface area contributed by atoms with Crippen molar-refractivity contribution in [2.75, 3.05) is 13.5 Å². The summed E-state index contributed by atoms with van der Waals surface area (Å²) in [5.74, 6) is 1.04. The molecular formula is C30H22LiNO4. The van der Waals surface area contributed by atoms with Gasteiger partial charge in [-0.15, -0.1) is 12.1 Å². The number of hydrogen-bond donors (Lipinski definition) is 0. The first-order chi connectivity index (χ1) is 17.3. The Morgan fingerprint density at radius 2 is 1.47 bits per heavy atom. The average Bonchev–Trinajstić information content (AvgIpc) is 3.60. The topological polar surface area (TPSA) is 48.0 Å². The third-order valence-electron chi connectivity index (χ3n) is 7.31. The van der Waals surface area contributed by atoms with E-state index in [0.717, 1.165) is 22.3 Å². The van der Waals surface area contributed by atoms with E-state index in [1.54, 1.807) is 0 Å². The van der Waals surface area contributed by atoms with Gasteiger partial charge in [0.25, 0.3) is 0 Å². The molecule has 0 radical (unpaired) electrons. The normalized spacial score (nSPS) is 18.8. The van der Waals surface area contributed by atoms with E-state index < -0.39 is 11.6 Å². The zero-order valence-corrected chi connectivity index (χ0v) is 19.9. The Morgan fingerprint density at radius 1 is 0.806 bits per heavy atom. The first-order valence-electron chi connectivity index (χ1n) is 11.8. The Hall–Kier alpha value is -3.49. The molecule has 1 saturated heterocycles. The monoisotopic (exact) mass is 467 g/mol. The van der Waals surface area contributed by atoms with E-state index >= 15 is 0 Å². The van der Waals surface area contributed by atoms with Crippen molar-refractivity contribution in [1.82, 2.24) is 4.90 Å². The Kier molecular flexibility index (Phi) is 5.65. The summed E-state index contributed by atoms with van der Waals surface area (Å²) in [4.78, 5) is 15.5. The molecule has 0 aromatic heterocycles. The molecule has 4 aromatic carbocycles. The first kappa shape index (κ1) is 22.9. The maximum absolute atomic E-state index is 13.2. The standard InChI is InChI=1S/C30H22NO4.Li/c32-29-26(16-20-14-15-27-28(17-20)35-19-34-27)31(18-33-29)30(21-8-2-1-3-9-21)24-12-6-4-10-22(24)23-11-5-7-13-25(23)30;/h1-15,26H,16,18-19H2;/q-1;+1. The summed E-state index contributed by atoms with van der Waals surface area (Å²) in [6.45, 7) is 0.392. The van der Waals surface area contributed by atoms with Crippen molar-refractivity contribution in [2.24, 2.45) is 0 Å². The van der Waals surface area contributed by atoms with Crippen LogP contribution < -0.4 is 28.3 Å². The zero-order valence-electron chi connectivity index (χ0n) is 19.9. The van der Waals surface area contributed by atoms with Crippen LogP contribution in [0.25, 0.3) is 11.1 Å². The SMILES string of the molecule is O=C1OCN(C2(c3ccccc3)c3ccccc3-c3ccccc32)C1Cc1[c-]c2c(cc1)OCO2.[Li+]. The van der Waals surface area contributed by atoms with Gasteiger partial charge in [-0.05, 0) is 34.2 Å². The van der Waals surface area contributed by atoms with Gasteiger partial charge in [-0.25, -0.2) is 4.90 Å². The largest absolute Gasteiger partial charge is 1.00 e. The Bertz CT molecular complexity index is 1410. The maximum atomic E-state index is 13.2. The minimum atomic E-state index is -0.665. The van der Waals surface area contributed by atoms with Crippen molar-refractivity contribution < 1.29 is 37.9 Å². The molecule has 1 atom stereocenters. The molecule has 3 aliphatic rings. The number of rotatable bonds is 4. The number of fused-ring (bicyclic) bond motifs is 4. The second-order valence-electron chi connectivity index (χ2n) is 9.03. The van der Waals surface area contributed by atoms with Crippen LogP contribution in [-0.4, -0.2) is 30.4 Å². The molecule has 7 rings (SSSR count). The number of hydrogen-bond acceptors (Lipinski definition) is 5. The number of carbonyl (C=O) groups excluding carboxylic acids is 1. The summed E-state index contributed by atoms with van der Waals surface area (Å²) >= 11 is 0. The fraction of sp³-hybridized carbons (Fsp3) is 0.167. The molecule has 0 spiro atoms. The van der Waals surface area contributed by atoms with Crippen LogP contribution in [0.1, 0.15) is 22.3 Å². The summed E-state index contributed by atoms with van der Waals surface area (Å²) in [6, 6.07) is 34.0. The van der Waals surface area contributed by atoms with Gasteiger partial charge in [0.05, 0.1) is 11.5 Å². The molecule has 1 aliphatic carbocycles. The van der Waals surface area contributed by atoms with Gasteiger partial charge >= 0.3 is 24.8 Å². The van der Waals surface area contributed by atoms with Crippen molar-refractivity contribution >= 4 is 5.97 Å². The number of ether oxygens (including phenoxy) is 3. The summed E-state index contributed by atoms with van der Waals surface area (Å²) in [7, 11) is 0.